The van der Waals surface area contributed by atoms with Crippen LogP contribution in [0.15, 0.2) is 60.7 Å². The third-order valence-corrected chi connectivity index (χ3v) is 6.41. The van der Waals surface area contributed by atoms with Gasteiger partial charge in [-0.25, -0.2) is 4.79 Å². The summed E-state index contributed by atoms with van der Waals surface area (Å²) in [6.45, 7) is 3.33. The molecule has 4 atom stereocenters. The molecule has 2 aromatic rings. The van der Waals surface area contributed by atoms with E-state index >= 15 is 0 Å². The zero-order valence-electron chi connectivity index (χ0n) is 19.6. The number of ether oxygens (including phenoxy) is 1. The van der Waals surface area contributed by atoms with E-state index in [0.717, 1.165) is 23.1 Å². The molecule has 0 aliphatic heterocycles. The van der Waals surface area contributed by atoms with Crippen LogP contribution in [0.2, 0.25) is 0 Å². The number of aromatic carboxylic acids is 1. The predicted octanol–water partition coefficient (Wildman–Crippen LogP) is 3.62. The van der Waals surface area contributed by atoms with Crippen LogP contribution in [0.25, 0.3) is 0 Å². The zero-order valence-corrected chi connectivity index (χ0v) is 19.6. The minimum absolute atomic E-state index is 0.0285. The first kappa shape index (κ1) is 25.8. The summed E-state index contributed by atoms with van der Waals surface area (Å²) in [5.41, 5.74) is 3.36. The Morgan fingerprint density at radius 2 is 1.85 bits per heavy atom. The average molecular weight is 467 g/mol. The van der Waals surface area contributed by atoms with Gasteiger partial charge in [0.25, 0.3) is 0 Å². The Bertz CT molecular complexity index is 981. The molecule has 0 heterocycles. The summed E-state index contributed by atoms with van der Waals surface area (Å²) in [6.07, 6.45) is 4.59. The van der Waals surface area contributed by atoms with Crippen molar-refractivity contribution in [2.24, 2.45) is 11.8 Å². The lowest BCUT2D eigenvalue weighted by Gasteiger charge is -2.18. The SMILES string of the molecule is CCOCCc1cccc(C[C@H](O)C=C[C@H]2[C@H](O)CC(=O)[C@@H]2CCc2ccc(C(=O)O)cc2)c1. The summed E-state index contributed by atoms with van der Waals surface area (Å²) in [7, 11) is 0. The molecule has 1 fully saturated rings. The fourth-order valence-corrected chi connectivity index (χ4v) is 4.54. The van der Waals surface area contributed by atoms with E-state index in [0.29, 0.717) is 32.5 Å². The van der Waals surface area contributed by atoms with E-state index in [1.165, 1.54) is 0 Å². The number of aliphatic hydroxyl groups is 2. The fourth-order valence-electron chi connectivity index (χ4n) is 4.54. The van der Waals surface area contributed by atoms with Crippen LogP contribution < -0.4 is 0 Å². The van der Waals surface area contributed by atoms with E-state index in [4.69, 9.17) is 9.84 Å². The third kappa shape index (κ3) is 7.35. The smallest absolute Gasteiger partial charge is 0.335 e. The number of aliphatic hydroxyl groups excluding tert-OH is 2. The van der Waals surface area contributed by atoms with E-state index < -0.39 is 18.2 Å². The lowest BCUT2D eigenvalue weighted by Crippen LogP contribution is -2.20. The molecule has 6 heteroatoms. The number of carboxylic acid groups (broad SMARTS) is 1. The predicted molar refractivity (Wildman–Crippen MR) is 130 cm³/mol. The molecule has 6 nitrogen and oxygen atoms in total. The topological polar surface area (TPSA) is 104 Å². The van der Waals surface area contributed by atoms with Gasteiger partial charge in [0, 0.05) is 31.3 Å². The second-order valence-electron chi connectivity index (χ2n) is 8.89. The number of Topliss-reactive ketones (excluding diaryl/α,β-unsaturated/α-hetero) is 1. The first-order valence-corrected chi connectivity index (χ1v) is 11.9. The van der Waals surface area contributed by atoms with Crippen molar-refractivity contribution >= 4 is 11.8 Å². The van der Waals surface area contributed by atoms with Gasteiger partial charge < -0.3 is 20.1 Å². The molecular weight excluding hydrogens is 432 g/mol. The fraction of sp³-hybridized carbons (Fsp3) is 0.429. The van der Waals surface area contributed by atoms with Gasteiger partial charge in [-0.2, -0.15) is 0 Å². The van der Waals surface area contributed by atoms with Crippen LogP contribution in [0.3, 0.4) is 0 Å². The maximum atomic E-state index is 12.5. The van der Waals surface area contributed by atoms with Gasteiger partial charge in [0.1, 0.15) is 5.78 Å². The summed E-state index contributed by atoms with van der Waals surface area (Å²) in [6, 6.07) is 14.7. The Kier molecular flexibility index (Phi) is 9.57. The summed E-state index contributed by atoms with van der Waals surface area (Å²) < 4.78 is 5.41. The van der Waals surface area contributed by atoms with E-state index in [2.05, 4.69) is 6.07 Å². The van der Waals surface area contributed by atoms with Gasteiger partial charge in [-0.15, -0.1) is 0 Å². The summed E-state index contributed by atoms with van der Waals surface area (Å²) in [4.78, 5) is 23.5. The normalized spacial score (nSPS) is 21.3. The van der Waals surface area contributed by atoms with Crippen LogP contribution in [0.4, 0.5) is 0 Å². The molecular formula is C28H34O6. The molecule has 0 bridgehead atoms. The third-order valence-electron chi connectivity index (χ3n) is 6.41. The Labute approximate surface area is 200 Å². The molecule has 3 rings (SSSR count). The summed E-state index contributed by atoms with van der Waals surface area (Å²) in [5, 5.41) is 30.0. The molecule has 3 N–H and O–H groups in total. The van der Waals surface area contributed by atoms with Crippen LogP contribution in [0.1, 0.15) is 46.8 Å². The van der Waals surface area contributed by atoms with E-state index in [1.807, 2.05) is 25.1 Å². The van der Waals surface area contributed by atoms with Crippen molar-refractivity contribution in [1.82, 2.24) is 0 Å². The highest BCUT2D eigenvalue weighted by molar-refractivity contribution is 5.87. The van der Waals surface area contributed by atoms with Crippen molar-refractivity contribution in [1.29, 1.82) is 0 Å². The van der Waals surface area contributed by atoms with Crippen molar-refractivity contribution in [2.75, 3.05) is 13.2 Å². The van der Waals surface area contributed by atoms with Crippen LogP contribution >= 0.6 is 0 Å². The van der Waals surface area contributed by atoms with Gasteiger partial charge in [0.05, 0.1) is 24.4 Å². The van der Waals surface area contributed by atoms with Crippen LogP contribution in [0, 0.1) is 11.8 Å². The van der Waals surface area contributed by atoms with Crippen molar-refractivity contribution in [3.05, 3.63) is 82.9 Å². The molecule has 1 aliphatic carbocycles. The number of ketones is 1. The minimum atomic E-state index is -0.971. The van der Waals surface area contributed by atoms with Gasteiger partial charge in [-0.3, -0.25) is 4.79 Å². The van der Waals surface area contributed by atoms with E-state index in [9.17, 15) is 19.8 Å². The van der Waals surface area contributed by atoms with Gasteiger partial charge in [0.2, 0.25) is 0 Å². The van der Waals surface area contributed by atoms with Crippen LogP contribution in [0.5, 0.6) is 0 Å². The zero-order chi connectivity index (χ0) is 24.5. The van der Waals surface area contributed by atoms with Gasteiger partial charge in [-0.05, 0) is 55.0 Å². The number of hydrogen-bond acceptors (Lipinski definition) is 5. The lowest BCUT2D eigenvalue weighted by molar-refractivity contribution is -0.121. The Morgan fingerprint density at radius 1 is 1.12 bits per heavy atom. The number of carbonyl (C=O) groups excluding carboxylic acids is 1. The molecule has 2 aromatic carbocycles. The quantitative estimate of drug-likeness (QED) is 0.326. The van der Waals surface area contributed by atoms with Crippen molar-refractivity contribution in [2.45, 2.75) is 51.2 Å². The first-order chi connectivity index (χ1) is 16.4. The molecule has 0 spiro atoms. The standard InChI is InChI=1S/C28H34O6/c1-2-34-15-14-20-4-3-5-21(16-20)17-23(29)11-13-25-24(26(30)18-27(25)31)12-8-19-6-9-22(10-7-19)28(32)33/h3-7,9-11,13,16,23-25,27,29,31H,2,8,12,14-15,17-18H2,1H3,(H,32,33)/t23-,24-,25-,27-/m1/s1. The van der Waals surface area contributed by atoms with Crippen molar-refractivity contribution in [3.8, 4) is 0 Å². The Hall–Kier alpha value is -2.80. The molecule has 182 valence electrons. The molecule has 0 unspecified atom stereocenters. The summed E-state index contributed by atoms with van der Waals surface area (Å²) in [5.74, 6) is -1.60. The molecule has 0 radical (unpaired) electrons. The monoisotopic (exact) mass is 466 g/mol. The number of rotatable bonds is 12. The average Bonchev–Trinajstić information content (AvgIpc) is 3.09. The van der Waals surface area contributed by atoms with E-state index in [-0.39, 0.29) is 29.6 Å². The number of aryl methyl sites for hydroxylation is 1. The lowest BCUT2D eigenvalue weighted by atomic mass is 9.88. The molecule has 1 aliphatic rings. The molecule has 0 aromatic heterocycles. The maximum Gasteiger partial charge on any atom is 0.335 e. The minimum Gasteiger partial charge on any atom is -0.478 e. The van der Waals surface area contributed by atoms with Gasteiger partial charge >= 0.3 is 5.97 Å². The second-order valence-corrected chi connectivity index (χ2v) is 8.89. The Balaban J connectivity index is 1.57. The molecule has 0 saturated heterocycles. The maximum absolute atomic E-state index is 12.5. The number of benzene rings is 2. The highest BCUT2D eigenvalue weighted by Crippen LogP contribution is 2.34. The van der Waals surface area contributed by atoms with E-state index in [1.54, 1.807) is 36.4 Å². The Morgan fingerprint density at radius 3 is 2.56 bits per heavy atom. The van der Waals surface area contributed by atoms with Gasteiger partial charge in [0.15, 0.2) is 0 Å². The highest BCUT2D eigenvalue weighted by atomic mass is 16.5. The van der Waals surface area contributed by atoms with Crippen LogP contribution in [-0.4, -0.2) is 52.5 Å². The molecule has 0 amide bonds. The number of hydrogen-bond donors (Lipinski definition) is 3. The highest BCUT2D eigenvalue weighted by Gasteiger charge is 2.39. The first-order valence-electron chi connectivity index (χ1n) is 11.9. The largest absolute Gasteiger partial charge is 0.478 e. The van der Waals surface area contributed by atoms with Crippen molar-refractivity contribution in [3.63, 3.8) is 0 Å². The summed E-state index contributed by atoms with van der Waals surface area (Å²) >= 11 is 0. The van der Waals surface area contributed by atoms with Crippen molar-refractivity contribution < 1.29 is 29.6 Å². The van der Waals surface area contributed by atoms with Gasteiger partial charge in [-0.1, -0.05) is 48.6 Å². The van der Waals surface area contributed by atoms with Crippen LogP contribution in [-0.2, 0) is 28.8 Å². The second kappa shape index (κ2) is 12.6. The molecule has 1 saturated carbocycles. The molecule has 34 heavy (non-hydrogen) atoms. The number of carboxylic acids is 1. The number of carbonyl (C=O) groups is 2.